The molecule has 2 aromatic heterocycles. The average molecular weight is 719 g/mol. The second-order valence-corrected chi connectivity index (χ2v) is 16.5. The van der Waals surface area contributed by atoms with Gasteiger partial charge in [0.05, 0.1) is 0 Å². The van der Waals surface area contributed by atoms with Gasteiger partial charge in [0.2, 0.25) is 0 Å². The molecule has 2 atom stereocenters. The number of rotatable bonds is 5. The third-order valence-electron chi connectivity index (χ3n) is 11.6. The first-order valence-electron chi connectivity index (χ1n) is 19.9. The van der Waals surface area contributed by atoms with Crippen LogP contribution in [0.3, 0.4) is 0 Å². The fourth-order valence-electron chi connectivity index (χ4n) is 8.69. The number of amides is 2. The van der Waals surface area contributed by atoms with Crippen molar-refractivity contribution in [1.29, 1.82) is 0 Å². The predicted octanol–water partition coefficient (Wildman–Crippen LogP) is 7.81. The number of carbonyl (C=O) groups is 2. The summed E-state index contributed by atoms with van der Waals surface area (Å²) in [6.07, 6.45) is 12.0. The lowest BCUT2D eigenvalue weighted by Gasteiger charge is -2.35. The molecular weight excluding hydrogens is 665 g/mol. The Morgan fingerprint density at radius 1 is 0.792 bits per heavy atom. The van der Waals surface area contributed by atoms with Crippen molar-refractivity contribution in [3.8, 4) is 22.4 Å². The minimum absolute atomic E-state index is 0.0252. The molecule has 3 aliphatic heterocycles. The van der Waals surface area contributed by atoms with Gasteiger partial charge in [0.1, 0.15) is 11.3 Å². The predicted molar refractivity (Wildman–Crippen MR) is 207 cm³/mol. The number of pyridine rings is 1. The van der Waals surface area contributed by atoms with E-state index < -0.39 is 5.60 Å². The Bertz CT molecular complexity index is 1980. The molecule has 4 aromatic rings. The molecule has 0 N–H and O–H groups in total. The first kappa shape index (κ1) is 35.7. The van der Waals surface area contributed by atoms with Crippen molar-refractivity contribution >= 4 is 23.0 Å². The van der Waals surface area contributed by atoms with Crippen LogP contribution < -0.4 is 0 Å². The van der Waals surface area contributed by atoms with Gasteiger partial charge in [-0.3, -0.25) is 4.79 Å². The molecule has 1 aliphatic carbocycles. The third-order valence-corrected chi connectivity index (χ3v) is 11.6. The summed E-state index contributed by atoms with van der Waals surface area (Å²) in [5.41, 5.74) is 8.84. The van der Waals surface area contributed by atoms with E-state index in [1.165, 1.54) is 55.5 Å². The number of piperazine rings is 1. The minimum atomic E-state index is -0.553. The lowest BCUT2D eigenvalue weighted by atomic mass is 9.96. The van der Waals surface area contributed by atoms with Crippen LogP contribution >= 0.6 is 0 Å². The van der Waals surface area contributed by atoms with Crippen LogP contribution in [0.4, 0.5) is 4.79 Å². The number of carbonyl (C=O) groups excluding carboxylic acids is 2. The highest BCUT2D eigenvalue weighted by atomic mass is 16.6. The number of hydrogen-bond donors (Lipinski definition) is 0. The highest BCUT2D eigenvalue weighted by molar-refractivity contribution is 5.98. The topological polar surface area (TPSA) is 93.0 Å². The highest BCUT2D eigenvalue weighted by Crippen LogP contribution is 2.36. The van der Waals surface area contributed by atoms with Crippen molar-refractivity contribution in [3.05, 3.63) is 70.9 Å². The summed E-state index contributed by atoms with van der Waals surface area (Å²) < 4.78 is 13.7. The molecule has 2 amide bonds. The average Bonchev–Trinajstić information content (AvgIpc) is 3.78. The molecule has 0 bridgehead atoms. The van der Waals surface area contributed by atoms with Crippen LogP contribution in [-0.2, 0) is 22.3 Å². The quantitative estimate of drug-likeness (QED) is 0.195. The highest BCUT2D eigenvalue weighted by Gasteiger charge is 2.30. The van der Waals surface area contributed by atoms with Gasteiger partial charge in [0, 0.05) is 67.1 Å². The second-order valence-electron chi connectivity index (χ2n) is 16.5. The number of ether oxygens (including phenoxy) is 2. The Kier molecular flexibility index (Phi) is 10.0. The van der Waals surface area contributed by atoms with Crippen LogP contribution in [0.5, 0.6) is 0 Å². The summed E-state index contributed by atoms with van der Waals surface area (Å²) in [5.74, 6) is -0.0252. The summed E-state index contributed by atoms with van der Waals surface area (Å²) in [7, 11) is 0. The maximum Gasteiger partial charge on any atom is 0.410 e. The molecule has 8 rings (SSSR count). The van der Waals surface area contributed by atoms with Crippen LogP contribution in [-0.4, -0.2) is 99.0 Å². The van der Waals surface area contributed by atoms with Gasteiger partial charge in [-0.25, -0.2) is 14.5 Å². The zero-order chi connectivity index (χ0) is 36.7. The van der Waals surface area contributed by atoms with Crippen molar-refractivity contribution < 1.29 is 19.1 Å². The monoisotopic (exact) mass is 718 g/mol. The van der Waals surface area contributed by atoms with E-state index in [9.17, 15) is 9.59 Å². The van der Waals surface area contributed by atoms with E-state index in [0.717, 1.165) is 72.1 Å². The van der Waals surface area contributed by atoms with E-state index >= 15 is 0 Å². The number of likely N-dealkylation sites (tertiary alicyclic amines) is 1. The molecule has 2 unspecified atom stereocenters. The summed E-state index contributed by atoms with van der Waals surface area (Å²) in [4.78, 5) is 37.6. The number of nitrogens with zero attached hydrogens (tertiary/aromatic N) is 6. The molecule has 280 valence electrons. The zero-order valence-corrected chi connectivity index (χ0v) is 31.9. The maximum atomic E-state index is 13.7. The Morgan fingerprint density at radius 2 is 1.53 bits per heavy atom. The number of fused-ring (bicyclic) bond motifs is 2. The van der Waals surface area contributed by atoms with Crippen molar-refractivity contribution in [2.45, 2.75) is 103 Å². The molecule has 5 heterocycles. The van der Waals surface area contributed by atoms with Crippen molar-refractivity contribution in [2.75, 3.05) is 45.9 Å². The van der Waals surface area contributed by atoms with Gasteiger partial charge in [-0.05, 0) is 139 Å². The second kappa shape index (κ2) is 14.9. The molecule has 3 fully saturated rings. The van der Waals surface area contributed by atoms with Crippen LogP contribution in [0.25, 0.3) is 33.4 Å². The molecule has 4 aliphatic rings. The Hall–Kier alpha value is -4.28. The Morgan fingerprint density at radius 3 is 2.25 bits per heavy atom. The van der Waals surface area contributed by atoms with E-state index in [4.69, 9.17) is 19.6 Å². The molecule has 0 saturated carbocycles. The van der Waals surface area contributed by atoms with E-state index in [0.29, 0.717) is 37.8 Å². The molecule has 3 saturated heterocycles. The van der Waals surface area contributed by atoms with Crippen LogP contribution in [0, 0.1) is 6.92 Å². The van der Waals surface area contributed by atoms with Gasteiger partial charge < -0.3 is 24.2 Å². The maximum absolute atomic E-state index is 13.7. The number of benzene rings is 2. The van der Waals surface area contributed by atoms with Gasteiger partial charge in [-0.1, -0.05) is 24.3 Å². The van der Waals surface area contributed by atoms with Crippen LogP contribution in [0.1, 0.15) is 99.0 Å². The Balaban J connectivity index is 1.06. The SMILES string of the molecule is Cc1cc(-c2nn(C3CCCCO3)c3ncc(-c4ccc5c(c4)CCC(N4CCCC4)CC5)cc23)ccc1C(=O)N1CCN(C(=O)OC(C)(C)C)CC1. The minimum Gasteiger partial charge on any atom is -0.444 e. The summed E-state index contributed by atoms with van der Waals surface area (Å²) in [6, 6.07) is 16.0. The van der Waals surface area contributed by atoms with E-state index in [1.807, 2.05) is 55.6 Å². The van der Waals surface area contributed by atoms with Gasteiger partial charge in [0.25, 0.3) is 5.91 Å². The first-order chi connectivity index (χ1) is 25.6. The molecule has 0 radical (unpaired) electrons. The Labute approximate surface area is 313 Å². The van der Waals surface area contributed by atoms with Gasteiger partial charge in [0.15, 0.2) is 11.9 Å². The fraction of sp³-hybridized carbons (Fsp3) is 0.535. The smallest absolute Gasteiger partial charge is 0.410 e. The molecule has 53 heavy (non-hydrogen) atoms. The lowest BCUT2D eigenvalue weighted by molar-refractivity contribution is -0.0368. The molecule has 10 nitrogen and oxygen atoms in total. The van der Waals surface area contributed by atoms with Crippen molar-refractivity contribution in [3.63, 3.8) is 0 Å². The fourth-order valence-corrected chi connectivity index (χ4v) is 8.69. The van der Waals surface area contributed by atoms with E-state index in [2.05, 4.69) is 35.2 Å². The van der Waals surface area contributed by atoms with Crippen LogP contribution in [0.15, 0.2) is 48.7 Å². The molecule has 2 aromatic carbocycles. The third kappa shape index (κ3) is 7.58. The van der Waals surface area contributed by atoms with E-state index in [-0.39, 0.29) is 18.2 Å². The molecule has 10 heteroatoms. The molecule has 0 spiro atoms. The lowest BCUT2D eigenvalue weighted by Crippen LogP contribution is -2.51. The summed E-state index contributed by atoms with van der Waals surface area (Å²) in [5, 5.41) is 6.17. The number of aryl methyl sites for hydroxylation is 3. The first-order valence-corrected chi connectivity index (χ1v) is 19.9. The molecular formula is C43H54N6O4. The summed E-state index contributed by atoms with van der Waals surface area (Å²) in [6.45, 7) is 12.6. The van der Waals surface area contributed by atoms with Crippen molar-refractivity contribution in [2.24, 2.45) is 0 Å². The van der Waals surface area contributed by atoms with Gasteiger partial charge in [-0.2, -0.15) is 5.10 Å². The standard InChI is InChI=1S/C43H54N6O4/c1-29-25-33(14-17-36(29)41(50)47-20-22-48(23-21-47)42(51)53-43(2,3)4)39-37-27-34(28-44-40(37)49(45-39)38-9-5-8-24-52-38)32-11-10-30-12-15-35(16-13-31(30)26-32)46-18-6-7-19-46/h10-11,14,17,25-28,35,38H,5-9,12-13,15-16,18-24H2,1-4H3. The van der Waals surface area contributed by atoms with Gasteiger partial charge >= 0.3 is 6.09 Å². The van der Waals surface area contributed by atoms with Gasteiger partial charge in [-0.15, -0.1) is 0 Å². The number of aromatic nitrogens is 3. The normalized spacial score (nSPS) is 21.4. The van der Waals surface area contributed by atoms with Crippen molar-refractivity contribution in [1.82, 2.24) is 29.5 Å². The number of hydrogen-bond acceptors (Lipinski definition) is 7. The summed E-state index contributed by atoms with van der Waals surface area (Å²) >= 11 is 0. The van der Waals surface area contributed by atoms with Crippen LogP contribution in [0.2, 0.25) is 0 Å². The van der Waals surface area contributed by atoms with E-state index in [1.54, 1.807) is 4.90 Å². The zero-order valence-electron chi connectivity index (χ0n) is 31.9. The largest absolute Gasteiger partial charge is 0.444 e.